The van der Waals surface area contributed by atoms with Crippen molar-refractivity contribution in [2.24, 2.45) is 5.14 Å². The minimum absolute atomic E-state index is 0.0823. The SMILES string of the molecule is Cc1sc(C(=O)Cc2ccccc2)c(C)c1S(N)(=O)=O. The third-order valence-corrected chi connectivity index (χ3v) is 5.56. The summed E-state index contributed by atoms with van der Waals surface area (Å²) in [7, 11) is -3.79. The molecule has 0 spiro atoms. The molecule has 20 heavy (non-hydrogen) atoms. The van der Waals surface area contributed by atoms with E-state index in [-0.39, 0.29) is 17.1 Å². The monoisotopic (exact) mass is 309 g/mol. The Kier molecular flexibility index (Phi) is 4.08. The Morgan fingerprint density at radius 3 is 2.30 bits per heavy atom. The molecule has 1 aromatic carbocycles. The van der Waals surface area contributed by atoms with E-state index in [0.29, 0.717) is 15.3 Å². The fourth-order valence-electron chi connectivity index (χ4n) is 2.18. The molecule has 1 aromatic heterocycles. The van der Waals surface area contributed by atoms with Gasteiger partial charge in [-0.15, -0.1) is 11.3 Å². The lowest BCUT2D eigenvalue weighted by Crippen LogP contribution is -2.14. The molecule has 0 saturated heterocycles. The highest BCUT2D eigenvalue weighted by atomic mass is 32.2. The van der Waals surface area contributed by atoms with E-state index in [1.807, 2.05) is 30.3 Å². The third kappa shape index (κ3) is 2.98. The lowest BCUT2D eigenvalue weighted by atomic mass is 10.1. The van der Waals surface area contributed by atoms with E-state index < -0.39 is 10.0 Å². The Morgan fingerprint density at radius 2 is 1.80 bits per heavy atom. The number of nitrogens with two attached hydrogens (primary N) is 1. The number of Topliss-reactive ketones (excluding diaryl/α,β-unsaturated/α-hetero) is 1. The zero-order valence-electron chi connectivity index (χ0n) is 11.2. The van der Waals surface area contributed by atoms with Crippen molar-refractivity contribution in [3.05, 3.63) is 51.2 Å². The lowest BCUT2D eigenvalue weighted by Gasteiger charge is -2.01. The predicted octanol–water partition coefficient (Wildman–Crippen LogP) is 2.44. The summed E-state index contributed by atoms with van der Waals surface area (Å²) in [6.07, 6.45) is 0.256. The van der Waals surface area contributed by atoms with Crippen LogP contribution in [0.4, 0.5) is 0 Å². The van der Waals surface area contributed by atoms with Crippen molar-refractivity contribution in [2.75, 3.05) is 0 Å². The summed E-state index contributed by atoms with van der Waals surface area (Å²) in [5.41, 5.74) is 1.36. The molecule has 0 aliphatic heterocycles. The zero-order valence-corrected chi connectivity index (χ0v) is 12.8. The minimum atomic E-state index is -3.79. The molecular weight excluding hydrogens is 294 g/mol. The van der Waals surface area contributed by atoms with Gasteiger partial charge >= 0.3 is 0 Å². The normalized spacial score (nSPS) is 11.6. The van der Waals surface area contributed by atoms with Gasteiger partial charge in [0.2, 0.25) is 10.0 Å². The molecule has 0 saturated carbocycles. The summed E-state index contributed by atoms with van der Waals surface area (Å²) >= 11 is 1.19. The van der Waals surface area contributed by atoms with Crippen LogP contribution in [0.3, 0.4) is 0 Å². The van der Waals surface area contributed by atoms with Crippen LogP contribution in [-0.4, -0.2) is 14.2 Å². The molecule has 0 aliphatic carbocycles. The van der Waals surface area contributed by atoms with Gasteiger partial charge in [0.15, 0.2) is 5.78 Å². The lowest BCUT2D eigenvalue weighted by molar-refractivity contribution is 0.0996. The van der Waals surface area contributed by atoms with Crippen molar-refractivity contribution in [3.63, 3.8) is 0 Å². The Bertz CT molecular complexity index is 746. The van der Waals surface area contributed by atoms with Gasteiger partial charge in [0, 0.05) is 11.3 Å². The highest BCUT2D eigenvalue weighted by Crippen LogP contribution is 2.31. The van der Waals surface area contributed by atoms with E-state index in [9.17, 15) is 13.2 Å². The van der Waals surface area contributed by atoms with Gasteiger partial charge in [0.25, 0.3) is 0 Å². The van der Waals surface area contributed by atoms with Crippen molar-refractivity contribution in [3.8, 4) is 0 Å². The van der Waals surface area contributed by atoms with Crippen LogP contribution in [0.5, 0.6) is 0 Å². The van der Waals surface area contributed by atoms with Gasteiger partial charge in [-0.3, -0.25) is 4.79 Å². The number of primary sulfonamides is 1. The highest BCUT2D eigenvalue weighted by molar-refractivity contribution is 7.89. The summed E-state index contributed by atoms with van der Waals surface area (Å²) in [5, 5.41) is 5.19. The number of sulfonamides is 1. The molecule has 0 radical (unpaired) electrons. The quantitative estimate of drug-likeness (QED) is 0.881. The predicted molar refractivity (Wildman–Crippen MR) is 79.6 cm³/mol. The second-order valence-corrected chi connectivity index (χ2v) is 7.30. The molecule has 1 heterocycles. The molecule has 0 atom stereocenters. The van der Waals surface area contributed by atoms with Crippen molar-refractivity contribution in [1.82, 2.24) is 0 Å². The van der Waals surface area contributed by atoms with Gasteiger partial charge in [0.05, 0.1) is 9.77 Å². The van der Waals surface area contributed by atoms with Crippen LogP contribution in [0.2, 0.25) is 0 Å². The number of carbonyl (C=O) groups excluding carboxylic acids is 1. The maximum atomic E-state index is 12.3. The van der Waals surface area contributed by atoms with Gasteiger partial charge in [-0.05, 0) is 25.0 Å². The van der Waals surface area contributed by atoms with E-state index in [0.717, 1.165) is 5.56 Å². The first kappa shape index (κ1) is 14.9. The average molecular weight is 309 g/mol. The minimum Gasteiger partial charge on any atom is -0.293 e. The second-order valence-electron chi connectivity index (χ2n) is 4.57. The van der Waals surface area contributed by atoms with Gasteiger partial charge < -0.3 is 0 Å². The van der Waals surface area contributed by atoms with Crippen LogP contribution in [-0.2, 0) is 16.4 Å². The molecule has 0 unspecified atom stereocenters. The Labute approximate surface area is 122 Å². The molecule has 0 fully saturated rings. The summed E-state index contributed by atoms with van der Waals surface area (Å²) in [6.45, 7) is 3.29. The molecule has 0 aliphatic rings. The third-order valence-electron chi connectivity index (χ3n) is 3.00. The highest BCUT2D eigenvalue weighted by Gasteiger charge is 2.24. The molecular formula is C14H15NO3S2. The topological polar surface area (TPSA) is 77.2 Å². The van der Waals surface area contributed by atoms with E-state index in [1.54, 1.807) is 13.8 Å². The first-order chi connectivity index (χ1) is 9.30. The Hall–Kier alpha value is -1.50. The molecule has 0 amide bonds. The van der Waals surface area contributed by atoms with Crippen LogP contribution in [0.1, 0.15) is 25.7 Å². The fourth-order valence-corrected chi connectivity index (χ4v) is 4.65. The smallest absolute Gasteiger partial charge is 0.239 e. The molecule has 106 valence electrons. The number of carbonyl (C=O) groups is 1. The molecule has 2 rings (SSSR count). The number of aryl methyl sites for hydroxylation is 1. The Morgan fingerprint density at radius 1 is 1.20 bits per heavy atom. The maximum Gasteiger partial charge on any atom is 0.239 e. The van der Waals surface area contributed by atoms with Crippen LogP contribution in [0, 0.1) is 13.8 Å². The first-order valence-corrected chi connectivity index (χ1v) is 8.37. The van der Waals surface area contributed by atoms with Crippen LogP contribution < -0.4 is 5.14 Å². The number of ketones is 1. The molecule has 6 heteroatoms. The largest absolute Gasteiger partial charge is 0.293 e. The number of hydrogen-bond donors (Lipinski definition) is 1. The summed E-state index contributed by atoms with van der Waals surface area (Å²) < 4.78 is 23.1. The van der Waals surface area contributed by atoms with E-state index in [2.05, 4.69) is 0 Å². The van der Waals surface area contributed by atoms with Gasteiger partial charge in [-0.25, -0.2) is 13.6 Å². The van der Waals surface area contributed by atoms with E-state index in [1.165, 1.54) is 11.3 Å². The fraction of sp³-hybridized carbons (Fsp3) is 0.214. The van der Waals surface area contributed by atoms with Gasteiger partial charge in [0.1, 0.15) is 0 Å². The standard InChI is InChI=1S/C14H15NO3S2/c1-9-13(19-10(2)14(9)20(15,17)18)12(16)8-11-6-4-3-5-7-11/h3-7H,8H2,1-2H3,(H2,15,17,18). The van der Waals surface area contributed by atoms with Gasteiger partial charge in [-0.2, -0.15) is 0 Å². The molecule has 0 bridgehead atoms. The Balaban J connectivity index is 2.38. The number of rotatable bonds is 4. The second kappa shape index (κ2) is 5.47. The van der Waals surface area contributed by atoms with E-state index >= 15 is 0 Å². The van der Waals surface area contributed by atoms with Crippen LogP contribution >= 0.6 is 11.3 Å². The summed E-state index contributed by atoms with van der Waals surface area (Å²) in [6, 6.07) is 9.35. The molecule has 2 aromatic rings. The van der Waals surface area contributed by atoms with Crippen molar-refractivity contribution in [2.45, 2.75) is 25.2 Å². The molecule has 2 N–H and O–H groups in total. The van der Waals surface area contributed by atoms with Crippen molar-refractivity contribution in [1.29, 1.82) is 0 Å². The molecule has 4 nitrogen and oxygen atoms in total. The van der Waals surface area contributed by atoms with Crippen molar-refractivity contribution < 1.29 is 13.2 Å². The van der Waals surface area contributed by atoms with Crippen LogP contribution in [0.15, 0.2) is 35.2 Å². The van der Waals surface area contributed by atoms with Gasteiger partial charge in [-0.1, -0.05) is 30.3 Å². The number of thiophene rings is 1. The number of hydrogen-bond acceptors (Lipinski definition) is 4. The van der Waals surface area contributed by atoms with Crippen LogP contribution in [0.25, 0.3) is 0 Å². The summed E-state index contributed by atoms with van der Waals surface area (Å²) in [4.78, 5) is 13.4. The maximum absolute atomic E-state index is 12.3. The average Bonchev–Trinajstić information content (AvgIpc) is 2.65. The zero-order chi connectivity index (χ0) is 14.9. The summed E-state index contributed by atoms with van der Waals surface area (Å²) in [5.74, 6) is -0.0864. The number of benzene rings is 1. The van der Waals surface area contributed by atoms with E-state index in [4.69, 9.17) is 5.14 Å². The van der Waals surface area contributed by atoms with Crippen molar-refractivity contribution >= 4 is 27.1 Å². The first-order valence-electron chi connectivity index (χ1n) is 6.00.